The van der Waals surface area contributed by atoms with Gasteiger partial charge in [-0.25, -0.2) is 13.4 Å². The molecule has 0 spiro atoms. The molecular weight excluding hydrogens is 320 g/mol. The molecule has 6 nitrogen and oxygen atoms in total. The van der Waals surface area contributed by atoms with E-state index in [9.17, 15) is 8.42 Å². The Labute approximate surface area is 134 Å². The van der Waals surface area contributed by atoms with Crippen LogP contribution in [0.25, 0.3) is 0 Å². The minimum Gasteiger partial charge on any atom is -0.361 e. The van der Waals surface area contributed by atoms with Crippen LogP contribution < -0.4 is 4.90 Å². The van der Waals surface area contributed by atoms with Crippen molar-refractivity contribution in [2.24, 2.45) is 0 Å². The second kappa shape index (κ2) is 5.94. The van der Waals surface area contributed by atoms with Gasteiger partial charge in [0.15, 0.2) is 0 Å². The van der Waals surface area contributed by atoms with Crippen LogP contribution in [0.1, 0.15) is 24.6 Å². The molecule has 0 aliphatic carbocycles. The zero-order valence-corrected chi connectivity index (χ0v) is 14.1. The average Bonchev–Trinajstić information content (AvgIpc) is 3.19. The number of anilines is 1. The predicted molar refractivity (Wildman–Crippen MR) is 86.5 cm³/mol. The van der Waals surface area contributed by atoms with E-state index in [0.29, 0.717) is 16.4 Å². The van der Waals surface area contributed by atoms with Crippen LogP contribution in [0, 0.1) is 0 Å². The molecule has 1 aliphatic rings. The van der Waals surface area contributed by atoms with Crippen LogP contribution in [0.2, 0.25) is 0 Å². The van der Waals surface area contributed by atoms with Crippen molar-refractivity contribution in [3.63, 3.8) is 0 Å². The first-order chi connectivity index (χ1) is 10.5. The molecule has 8 heteroatoms. The van der Waals surface area contributed by atoms with Crippen molar-refractivity contribution in [1.82, 2.24) is 14.3 Å². The summed E-state index contributed by atoms with van der Waals surface area (Å²) in [5.74, 6) is 0.734. The minimum absolute atomic E-state index is 0.237. The fourth-order valence-corrected chi connectivity index (χ4v) is 5.38. The molecule has 2 aromatic heterocycles. The third-order valence-electron chi connectivity index (χ3n) is 3.70. The standard InChI is InChI=1S/C14H18N4O2S2/c1-17(2)13-10-15-9-11(16-13)12-5-3-7-18(12)22(19,20)14-6-4-8-21-14/h4,6,8-10,12H,3,5,7H2,1-2H3/t12-/m1/s1. The van der Waals surface area contributed by atoms with E-state index >= 15 is 0 Å². The van der Waals surface area contributed by atoms with E-state index in [-0.39, 0.29) is 6.04 Å². The first-order valence-electron chi connectivity index (χ1n) is 7.05. The lowest BCUT2D eigenvalue weighted by Crippen LogP contribution is -2.31. The lowest BCUT2D eigenvalue weighted by molar-refractivity contribution is 0.391. The van der Waals surface area contributed by atoms with Crippen molar-refractivity contribution >= 4 is 27.2 Å². The Morgan fingerprint density at radius 3 is 2.86 bits per heavy atom. The Morgan fingerprint density at radius 2 is 2.18 bits per heavy atom. The fourth-order valence-electron chi connectivity index (χ4n) is 2.60. The Hall–Kier alpha value is -1.51. The molecule has 0 radical (unpaired) electrons. The Balaban J connectivity index is 1.96. The van der Waals surface area contributed by atoms with Crippen LogP contribution in [0.5, 0.6) is 0 Å². The zero-order valence-electron chi connectivity index (χ0n) is 12.5. The van der Waals surface area contributed by atoms with Gasteiger partial charge in [-0.15, -0.1) is 11.3 Å². The van der Waals surface area contributed by atoms with Crippen LogP contribution >= 0.6 is 11.3 Å². The summed E-state index contributed by atoms with van der Waals surface area (Å²) in [6, 6.07) is 3.17. The fraction of sp³-hybridized carbons (Fsp3) is 0.429. The van der Waals surface area contributed by atoms with Crippen molar-refractivity contribution in [2.75, 3.05) is 25.5 Å². The zero-order chi connectivity index (χ0) is 15.7. The summed E-state index contributed by atoms with van der Waals surface area (Å²) in [7, 11) is 0.328. The van der Waals surface area contributed by atoms with E-state index in [2.05, 4.69) is 9.97 Å². The molecule has 0 amide bonds. The highest BCUT2D eigenvalue weighted by Gasteiger charge is 2.37. The van der Waals surface area contributed by atoms with E-state index in [0.717, 1.165) is 18.7 Å². The summed E-state index contributed by atoms with van der Waals surface area (Å²) in [6.45, 7) is 0.527. The highest BCUT2D eigenvalue weighted by Crippen LogP contribution is 2.36. The van der Waals surface area contributed by atoms with E-state index in [1.807, 2.05) is 19.0 Å². The number of hydrogen-bond donors (Lipinski definition) is 0. The molecule has 0 unspecified atom stereocenters. The third kappa shape index (κ3) is 2.73. The van der Waals surface area contributed by atoms with Crippen molar-refractivity contribution in [1.29, 1.82) is 0 Å². The van der Waals surface area contributed by atoms with Gasteiger partial charge in [0, 0.05) is 20.6 Å². The summed E-state index contributed by atoms with van der Waals surface area (Å²) < 4.78 is 27.5. The highest BCUT2D eigenvalue weighted by atomic mass is 32.2. The van der Waals surface area contributed by atoms with Gasteiger partial charge in [-0.2, -0.15) is 4.31 Å². The van der Waals surface area contributed by atoms with Gasteiger partial charge in [0.1, 0.15) is 10.0 Å². The van der Waals surface area contributed by atoms with Gasteiger partial charge in [-0.1, -0.05) is 6.07 Å². The molecular formula is C14H18N4O2S2. The summed E-state index contributed by atoms with van der Waals surface area (Å²) in [6.07, 6.45) is 4.95. The van der Waals surface area contributed by atoms with Gasteiger partial charge >= 0.3 is 0 Å². The maximum Gasteiger partial charge on any atom is 0.253 e. The number of rotatable bonds is 4. The van der Waals surface area contributed by atoms with E-state index in [1.165, 1.54) is 11.3 Å². The van der Waals surface area contributed by atoms with E-state index in [1.54, 1.807) is 34.2 Å². The SMILES string of the molecule is CN(C)c1cncc([C@H]2CCCN2S(=O)(=O)c2cccs2)n1. The van der Waals surface area contributed by atoms with Gasteiger partial charge in [0.05, 0.1) is 24.1 Å². The summed E-state index contributed by atoms with van der Waals surface area (Å²) in [4.78, 5) is 10.6. The largest absolute Gasteiger partial charge is 0.361 e. The van der Waals surface area contributed by atoms with Gasteiger partial charge in [-0.05, 0) is 24.3 Å². The van der Waals surface area contributed by atoms with Gasteiger partial charge in [-0.3, -0.25) is 4.98 Å². The van der Waals surface area contributed by atoms with Crippen molar-refractivity contribution in [3.05, 3.63) is 35.6 Å². The number of hydrogen-bond acceptors (Lipinski definition) is 6. The molecule has 2 aromatic rings. The molecule has 22 heavy (non-hydrogen) atoms. The molecule has 3 rings (SSSR count). The van der Waals surface area contributed by atoms with Crippen LogP contribution in [-0.4, -0.2) is 43.3 Å². The molecule has 1 fully saturated rings. The number of aromatic nitrogens is 2. The molecule has 3 heterocycles. The van der Waals surface area contributed by atoms with Crippen LogP contribution in [-0.2, 0) is 10.0 Å². The second-order valence-electron chi connectivity index (χ2n) is 5.40. The maximum absolute atomic E-state index is 12.8. The second-order valence-corrected chi connectivity index (χ2v) is 8.47. The molecule has 118 valence electrons. The summed E-state index contributed by atoms with van der Waals surface area (Å²) in [5.41, 5.74) is 0.712. The molecule has 0 N–H and O–H groups in total. The smallest absolute Gasteiger partial charge is 0.253 e. The third-order valence-corrected chi connectivity index (χ3v) is 6.98. The van der Waals surface area contributed by atoms with Crippen molar-refractivity contribution < 1.29 is 8.42 Å². The van der Waals surface area contributed by atoms with E-state index in [4.69, 9.17) is 0 Å². The normalized spacial score (nSPS) is 19.5. The van der Waals surface area contributed by atoms with Crippen LogP contribution in [0.3, 0.4) is 0 Å². The van der Waals surface area contributed by atoms with Crippen molar-refractivity contribution in [3.8, 4) is 0 Å². The van der Waals surface area contributed by atoms with Crippen LogP contribution in [0.15, 0.2) is 34.1 Å². The first-order valence-corrected chi connectivity index (χ1v) is 9.37. The lowest BCUT2D eigenvalue weighted by Gasteiger charge is -2.23. The minimum atomic E-state index is -3.46. The van der Waals surface area contributed by atoms with Crippen molar-refractivity contribution in [2.45, 2.75) is 23.1 Å². The molecule has 0 saturated carbocycles. The molecule has 0 bridgehead atoms. The number of nitrogens with zero attached hydrogens (tertiary/aromatic N) is 4. The predicted octanol–water partition coefficient (Wildman–Crippen LogP) is 2.13. The van der Waals surface area contributed by atoms with Gasteiger partial charge in [0.25, 0.3) is 10.0 Å². The first kappa shape index (κ1) is 15.4. The molecule has 1 saturated heterocycles. The van der Waals surface area contributed by atoms with Crippen LogP contribution in [0.4, 0.5) is 5.82 Å². The Kier molecular flexibility index (Phi) is 4.16. The van der Waals surface area contributed by atoms with Gasteiger partial charge < -0.3 is 4.90 Å². The topological polar surface area (TPSA) is 66.4 Å². The Bertz CT molecular complexity index is 744. The Morgan fingerprint density at radius 1 is 1.36 bits per heavy atom. The monoisotopic (exact) mass is 338 g/mol. The number of thiophene rings is 1. The van der Waals surface area contributed by atoms with E-state index < -0.39 is 10.0 Å². The molecule has 1 atom stereocenters. The summed E-state index contributed by atoms with van der Waals surface area (Å²) in [5, 5.41) is 1.78. The quantitative estimate of drug-likeness (QED) is 0.854. The summed E-state index contributed by atoms with van der Waals surface area (Å²) >= 11 is 1.25. The molecule has 0 aromatic carbocycles. The van der Waals surface area contributed by atoms with Gasteiger partial charge in [0.2, 0.25) is 0 Å². The highest BCUT2D eigenvalue weighted by molar-refractivity contribution is 7.91. The number of sulfonamides is 1. The lowest BCUT2D eigenvalue weighted by atomic mass is 10.2. The maximum atomic E-state index is 12.8. The average molecular weight is 338 g/mol. The molecule has 1 aliphatic heterocycles.